The van der Waals surface area contributed by atoms with Crippen LogP contribution in [-0.2, 0) is 18.4 Å². The molecule has 6 heteroatoms. The van der Waals surface area contributed by atoms with Crippen molar-refractivity contribution in [1.29, 1.82) is 0 Å². The smallest absolute Gasteiger partial charge is 0.337 e. The third kappa shape index (κ3) is 2.90. The second-order valence-corrected chi connectivity index (χ2v) is 4.03. The molecular formula is C13H15N3O3. The molecule has 0 unspecified atom stereocenters. The number of benzene rings is 1. The van der Waals surface area contributed by atoms with Crippen LogP contribution in [0.5, 0.6) is 5.75 Å². The van der Waals surface area contributed by atoms with Crippen molar-refractivity contribution in [3.63, 3.8) is 0 Å². The van der Waals surface area contributed by atoms with Crippen molar-refractivity contribution >= 4 is 5.97 Å². The van der Waals surface area contributed by atoms with E-state index < -0.39 is 0 Å². The van der Waals surface area contributed by atoms with Crippen LogP contribution in [0.15, 0.2) is 24.3 Å². The van der Waals surface area contributed by atoms with Crippen molar-refractivity contribution in [2.45, 2.75) is 13.5 Å². The Bertz CT molecular complexity index is 575. The van der Waals surface area contributed by atoms with E-state index in [2.05, 4.69) is 14.9 Å². The minimum Gasteiger partial charge on any atom is -0.486 e. The Morgan fingerprint density at radius 2 is 1.95 bits per heavy atom. The van der Waals surface area contributed by atoms with Gasteiger partial charge in [-0.15, -0.1) is 10.2 Å². The van der Waals surface area contributed by atoms with E-state index in [0.717, 1.165) is 11.6 Å². The van der Waals surface area contributed by atoms with Gasteiger partial charge in [0.05, 0.1) is 12.7 Å². The Hall–Kier alpha value is -2.37. The van der Waals surface area contributed by atoms with Crippen molar-refractivity contribution < 1.29 is 14.3 Å². The molecule has 0 aliphatic heterocycles. The first-order valence-electron chi connectivity index (χ1n) is 5.78. The standard InChI is InChI=1S/C13H15N3O3/c1-9-14-15-12(16(9)2)8-19-11-6-4-10(5-7-11)13(17)18-3/h4-7H,8H2,1-3H3. The largest absolute Gasteiger partial charge is 0.486 e. The van der Waals surface area contributed by atoms with E-state index >= 15 is 0 Å². The Labute approximate surface area is 111 Å². The predicted molar refractivity (Wildman–Crippen MR) is 67.9 cm³/mol. The van der Waals surface area contributed by atoms with E-state index in [-0.39, 0.29) is 5.97 Å². The molecule has 1 aromatic heterocycles. The zero-order valence-corrected chi connectivity index (χ0v) is 11.1. The third-order valence-corrected chi connectivity index (χ3v) is 2.83. The van der Waals surface area contributed by atoms with Crippen LogP contribution in [0, 0.1) is 6.92 Å². The topological polar surface area (TPSA) is 66.2 Å². The van der Waals surface area contributed by atoms with Crippen LogP contribution in [-0.4, -0.2) is 27.8 Å². The van der Waals surface area contributed by atoms with Crippen molar-refractivity contribution in [2.24, 2.45) is 7.05 Å². The van der Waals surface area contributed by atoms with Crippen LogP contribution in [0.1, 0.15) is 22.0 Å². The number of carbonyl (C=O) groups excluding carboxylic acids is 1. The summed E-state index contributed by atoms with van der Waals surface area (Å²) in [5, 5.41) is 7.95. The van der Waals surface area contributed by atoms with E-state index in [1.807, 2.05) is 18.5 Å². The SMILES string of the molecule is COC(=O)c1ccc(OCc2nnc(C)n2C)cc1. The predicted octanol–water partition coefficient (Wildman–Crippen LogP) is 1.49. The molecule has 6 nitrogen and oxygen atoms in total. The van der Waals surface area contributed by atoms with Gasteiger partial charge in [0.2, 0.25) is 0 Å². The summed E-state index contributed by atoms with van der Waals surface area (Å²) < 4.78 is 12.1. The second-order valence-electron chi connectivity index (χ2n) is 4.03. The summed E-state index contributed by atoms with van der Waals surface area (Å²) >= 11 is 0. The molecule has 2 rings (SSSR count). The van der Waals surface area contributed by atoms with Crippen LogP contribution in [0.2, 0.25) is 0 Å². The molecule has 0 atom stereocenters. The van der Waals surface area contributed by atoms with Crippen LogP contribution in [0.4, 0.5) is 0 Å². The number of aryl methyl sites for hydroxylation is 1. The Balaban J connectivity index is 2.00. The minimum absolute atomic E-state index is 0.328. The van der Waals surface area contributed by atoms with Crippen molar-refractivity contribution in [3.8, 4) is 5.75 Å². The van der Waals surface area contributed by atoms with Gasteiger partial charge < -0.3 is 14.0 Å². The molecule has 0 fully saturated rings. The first-order chi connectivity index (χ1) is 9.11. The monoisotopic (exact) mass is 261 g/mol. The molecule has 0 saturated heterocycles. The van der Waals surface area contributed by atoms with Crippen molar-refractivity contribution in [2.75, 3.05) is 7.11 Å². The molecule has 0 radical (unpaired) electrons. The van der Waals surface area contributed by atoms with Gasteiger partial charge in [0.25, 0.3) is 0 Å². The number of nitrogens with zero attached hydrogens (tertiary/aromatic N) is 3. The Kier molecular flexibility index (Phi) is 3.79. The maximum absolute atomic E-state index is 11.3. The second kappa shape index (κ2) is 5.51. The van der Waals surface area contributed by atoms with Gasteiger partial charge in [-0.3, -0.25) is 0 Å². The first kappa shape index (κ1) is 13.1. The number of carbonyl (C=O) groups is 1. The first-order valence-corrected chi connectivity index (χ1v) is 5.78. The van der Waals surface area contributed by atoms with E-state index in [0.29, 0.717) is 17.9 Å². The van der Waals surface area contributed by atoms with E-state index in [1.54, 1.807) is 24.3 Å². The Morgan fingerprint density at radius 3 is 2.47 bits per heavy atom. The van der Waals surface area contributed by atoms with Crippen molar-refractivity contribution in [3.05, 3.63) is 41.5 Å². The summed E-state index contributed by atoms with van der Waals surface area (Å²) in [6, 6.07) is 6.75. The average molecular weight is 261 g/mol. The molecule has 0 spiro atoms. The number of aromatic nitrogens is 3. The molecule has 0 amide bonds. The molecule has 1 heterocycles. The number of hydrogen-bond acceptors (Lipinski definition) is 5. The minimum atomic E-state index is -0.365. The highest BCUT2D eigenvalue weighted by atomic mass is 16.5. The van der Waals surface area contributed by atoms with Gasteiger partial charge in [-0.05, 0) is 31.2 Å². The maximum atomic E-state index is 11.3. The van der Waals surface area contributed by atoms with Gasteiger partial charge in [0, 0.05) is 7.05 Å². The molecule has 0 bridgehead atoms. The highest BCUT2D eigenvalue weighted by Gasteiger charge is 2.07. The summed E-state index contributed by atoms with van der Waals surface area (Å²) in [4.78, 5) is 11.3. The molecule has 100 valence electrons. The lowest BCUT2D eigenvalue weighted by atomic mass is 10.2. The summed E-state index contributed by atoms with van der Waals surface area (Å²) in [5.74, 6) is 1.87. The zero-order chi connectivity index (χ0) is 13.8. The van der Waals surface area contributed by atoms with Gasteiger partial charge in [-0.25, -0.2) is 4.79 Å². The highest BCUT2D eigenvalue weighted by Crippen LogP contribution is 2.14. The fourth-order valence-corrected chi connectivity index (χ4v) is 1.53. The van der Waals surface area contributed by atoms with Gasteiger partial charge in [0.1, 0.15) is 18.2 Å². The number of hydrogen-bond donors (Lipinski definition) is 0. The molecule has 0 saturated carbocycles. The van der Waals surface area contributed by atoms with Crippen LogP contribution >= 0.6 is 0 Å². The normalized spacial score (nSPS) is 10.3. The molecule has 19 heavy (non-hydrogen) atoms. The van der Waals surface area contributed by atoms with Gasteiger partial charge in [-0.1, -0.05) is 0 Å². The van der Waals surface area contributed by atoms with Gasteiger partial charge in [0.15, 0.2) is 5.82 Å². The fraction of sp³-hybridized carbons (Fsp3) is 0.308. The lowest BCUT2D eigenvalue weighted by Gasteiger charge is -2.06. The fourth-order valence-electron chi connectivity index (χ4n) is 1.53. The van der Waals surface area contributed by atoms with E-state index in [4.69, 9.17) is 4.74 Å². The van der Waals surface area contributed by atoms with Crippen LogP contribution < -0.4 is 4.74 Å². The van der Waals surface area contributed by atoms with Gasteiger partial charge in [-0.2, -0.15) is 0 Å². The lowest BCUT2D eigenvalue weighted by Crippen LogP contribution is -2.05. The summed E-state index contributed by atoms with van der Waals surface area (Å²) in [5.41, 5.74) is 0.490. The third-order valence-electron chi connectivity index (χ3n) is 2.83. The number of methoxy groups -OCH3 is 1. The molecule has 0 N–H and O–H groups in total. The van der Waals surface area contributed by atoms with Gasteiger partial charge >= 0.3 is 5.97 Å². The van der Waals surface area contributed by atoms with E-state index in [1.165, 1.54) is 7.11 Å². The van der Waals surface area contributed by atoms with Crippen LogP contribution in [0.25, 0.3) is 0 Å². The van der Waals surface area contributed by atoms with E-state index in [9.17, 15) is 4.79 Å². The summed E-state index contributed by atoms with van der Waals surface area (Å²) in [6.07, 6.45) is 0. The highest BCUT2D eigenvalue weighted by molar-refractivity contribution is 5.89. The molecular weight excluding hydrogens is 246 g/mol. The molecule has 1 aromatic carbocycles. The lowest BCUT2D eigenvalue weighted by molar-refractivity contribution is 0.0600. The number of esters is 1. The number of rotatable bonds is 4. The molecule has 0 aliphatic rings. The average Bonchev–Trinajstić information content (AvgIpc) is 2.76. The summed E-state index contributed by atoms with van der Waals surface area (Å²) in [6.45, 7) is 2.20. The maximum Gasteiger partial charge on any atom is 0.337 e. The van der Waals surface area contributed by atoms with Crippen LogP contribution in [0.3, 0.4) is 0 Å². The van der Waals surface area contributed by atoms with Crippen molar-refractivity contribution in [1.82, 2.24) is 14.8 Å². The quantitative estimate of drug-likeness (QED) is 0.780. The number of ether oxygens (including phenoxy) is 2. The molecule has 2 aromatic rings. The summed E-state index contributed by atoms with van der Waals surface area (Å²) in [7, 11) is 3.23. The molecule has 0 aliphatic carbocycles. The Morgan fingerprint density at radius 1 is 1.26 bits per heavy atom. The zero-order valence-electron chi connectivity index (χ0n) is 11.1.